The number of hydrogen-bond acceptors (Lipinski definition) is 5. The summed E-state index contributed by atoms with van der Waals surface area (Å²) in [4.78, 5) is 25.5. The molecule has 1 heterocycles. The molecule has 0 saturated heterocycles. The van der Waals surface area contributed by atoms with Gasteiger partial charge in [0.2, 0.25) is 0 Å². The quantitative estimate of drug-likeness (QED) is 0.780. The lowest BCUT2D eigenvalue weighted by Crippen LogP contribution is -2.31. The molecule has 0 bridgehead atoms. The number of para-hydroxylation sites is 1. The Labute approximate surface area is 145 Å². The largest absolute Gasteiger partial charge is 0.486 e. The molecule has 0 aromatic heterocycles. The van der Waals surface area contributed by atoms with Gasteiger partial charge in [-0.3, -0.25) is 9.59 Å². The number of esters is 1. The molecular weight excluding hydrogens is 322 g/mol. The SMILES string of the molecule is CN(C(=O)COC(=O)Cc1ccc2c(c1)OCCO2)c1ccccc1. The fourth-order valence-corrected chi connectivity index (χ4v) is 2.45. The number of hydrogen-bond donors (Lipinski definition) is 0. The van der Waals surface area contributed by atoms with Gasteiger partial charge in [0, 0.05) is 12.7 Å². The standard InChI is InChI=1S/C19H19NO5/c1-20(15-5-3-2-4-6-15)18(21)13-25-19(22)12-14-7-8-16-17(11-14)24-10-9-23-16/h2-8,11H,9-10,12-13H2,1H3. The number of likely N-dealkylation sites (N-methyl/N-ethyl adjacent to an activating group) is 1. The predicted molar refractivity (Wildman–Crippen MR) is 91.9 cm³/mol. The van der Waals surface area contributed by atoms with Crippen molar-refractivity contribution in [2.45, 2.75) is 6.42 Å². The van der Waals surface area contributed by atoms with Crippen molar-refractivity contribution in [3.63, 3.8) is 0 Å². The third-order valence-corrected chi connectivity index (χ3v) is 3.83. The molecule has 2 aromatic carbocycles. The van der Waals surface area contributed by atoms with Crippen LogP contribution in [-0.2, 0) is 20.7 Å². The highest BCUT2D eigenvalue weighted by Gasteiger charge is 2.16. The molecule has 0 aliphatic carbocycles. The van der Waals surface area contributed by atoms with Crippen LogP contribution in [0.1, 0.15) is 5.56 Å². The Balaban J connectivity index is 1.52. The summed E-state index contributed by atoms with van der Waals surface area (Å²) in [5.74, 6) is 0.535. The summed E-state index contributed by atoms with van der Waals surface area (Å²) in [5.41, 5.74) is 1.49. The maximum absolute atomic E-state index is 12.1. The molecule has 2 aromatic rings. The summed E-state index contributed by atoms with van der Waals surface area (Å²) < 4.78 is 16.0. The van der Waals surface area contributed by atoms with Crippen molar-refractivity contribution in [3.05, 3.63) is 54.1 Å². The maximum atomic E-state index is 12.1. The van der Waals surface area contributed by atoms with Crippen LogP contribution < -0.4 is 14.4 Å². The second-order valence-corrected chi connectivity index (χ2v) is 5.60. The first kappa shape index (κ1) is 16.8. The zero-order valence-electron chi connectivity index (χ0n) is 13.9. The van der Waals surface area contributed by atoms with Crippen molar-refractivity contribution < 1.29 is 23.8 Å². The molecule has 6 nitrogen and oxygen atoms in total. The van der Waals surface area contributed by atoms with E-state index < -0.39 is 5.97 Å². The number of rotatable bonds is 5. The number of fused-ring (bicyclic) bond motifs is 1. The Hall–Kier alpha value is -3.02. The molecule has 3 rings (SSSR count). The summed E-state index contributed by atoms with van der Waals surface area (Å²) in [6, 6.07) is 14.5. The Bertz CT molecular complexity index is 760. The minimum atomic E-state index is -0.466. The van der Waals surface area contributed by atoms with Crippen LogP contribution in [0.25, 0.3) is 0 Å². The molecular formula is C19H19NO5. The number of benzene rings is 2. The van der Waals surface area contributed by atoms with Crippen LogP contribution in [0, 0.1) is 0 Å². The Kier molecular flexibility index (Phi) is 5.18. The van der Waals surface area contributed by atoms with Gasteiger partial charge in [-0.05, 0) is 29.8 Å². The molecule has 1 aliphatic heterocycles. The average Bonchev–Trinajstić information content (AvgIpc) is 2.66. The Morgan fingerprint density at radius 2 is 1.76 bits per heavy atom. The number of carbonyl (C=O) groups excluding carboxylic acids is 2. The van der Waals surface area contributed by atoms with E-state index in [0.29, 0.717) is 24.7 Å². The molecule has 0 N–H and O–H groups in total. The predicted octanol–water partition coefficient (Wildman–Crippen LogP) is 2.21. The van der Waals surface area contributed by atoms with E-state index >= 15 is 0 Å². The molecule has 1 aliphatic rings. The molecule has 0 unspecified atom stereocenters. The highest BCUT2D eigenvalue weighted by Crippen LogP contribution is 2.30. The van der Waals surface area contributed by atoms with E-state index in [4.69, 9.17) is 14.2 Å². The topological polar surface area (TPSA) is 65.1 Å². The number of anilines is 1. The second-order valence-electron chi connectivity index (χ2n) is 5.60. The lowest BCUT2D eigenvalue weighted by Gasteiger charge is -2.19. The lowest BCUT2D eigenvalue weighted by atomic mass is 10.1. The molecule has 1 amide bonds. The fraction of sp³-hybridized carbons (Fsp3) is 0.263. The summed E-state index contributed by atoms with van der Waals surface area (Å²) in [6.45, 7) is 0.710. The Morgan fingerprint density at radius 1 is 1.04 bits per heavy atom. The third-order valence-electron chi connectivity index (χ3n) is 3.83. The zero-order valence-corrected chi connectivity index (χ0v) is 13.9. The van der Waals surface area contributed by atoms with Gasteiger partial charge in [0.15, 0.2) is 18.1 Å². The van der Waals surface area contributed by atoms with E-state index in [9.17, 15) is 9.59 Å². The van der Waals surface area contributed by atoms with Crippen LogP contribution in [0.2, 0.25) is 0 Å². The van der Waals surface area contributed by atoms with E-state index in [1.165, 1.54) is 4.90 Å². The van der Waals surface area contributed by atoms with E-state index in [1.54, 1.807) is 25.2 Å². The van der Waals surface area contributed by atoms with Gasteiger partial charge in [0.05, 0.1) is 6.42 Å². The van der Waals surface area contributed by atoms with Crippen LogP contribution >= 0.6 is 0 Å². The molecule has 0 fully saturated rings. The van der Waals surface area contributed by atoms with Gasteiger partial charge in [0.25, 0.3) is 5.91 Å². The van der Waals surface area contributed by atoms with Crippen molar-refractivity contribution >= 4 is 17.6 Å². The van der Waals surface area contributed by atoms with Crippen molar-refractivity contribution in [1.29, 1.82) is 0 Å². The van der Waals surface area contributed by atoms with E-state index in [1.807, 2.05) is 30.3 Å². The van der Waals surface area contributed by atoms with E-state index in [-0.39, 0.29) is 18.9 Å². The molecule has 0 radical (unpaired) electrons. The second kappa shape index (κ2) is 7.70. The molecule has 0 atom stereocenters. The molecule has 130 valence electrons. The minimum absolute atomic E-state index is 0.0684. The van der Waals surface area contributed by atoms with Crippen LogP contribution in [-0.4, -0.2) is 38.7 Å². The first-order valence-corrected chi connectivity index (χ1v) is 7.99. The summed E-state index contributed by atoms with van der Waals surface area (Å²) in [7, 11) is 1.65. The van der Waals surface area contributed by atoms with Crippen LogP contribution in [0.15, 0.2) is 48.5 Å². The lowest BCUT2D eigenvalue weighted by molar-refractivity contribution is -0.147. The third kappa shape index (κ3) is 4.29. The first-order valence-electron chi connectivity index (χ1n) is 7.99. The van der Waals surface area contributed by atoms with Crippen molar-refractivity contribution in [2.24, 2.45) is 0 Å². The average molecular weight is 341 g/mol. The smallest absolute Gasteiger partial charge is 0.310 e. The van der Waals surface area contributed by atoms with Gasteiger partial charge in [-0.25, -0.2) is 0 Å². The van der Waals surface area contributed by atoms with Crippen LogP contribution in [0.4, 0.5) is 5.69 Å². The first-order chi connectivity index (χ1) is 12.1. The summed E-state index contributed by atoms with van der Waals surface area (Å²) in [6.07, 6.45) is 0.0684. The normalized spacial score (nSPS) is 12.4. The van der Waals surface area contributed by atoms with Crippen LogP contribution in [0.3, 0.4) is 0 Å². The molecule has 0 spiro atoms. The molecule has 0 saturated carbocycles. The maximum Gasteiger partial charge on any atom is 0.310 e. The highest BCUT2D eigenvalue weighted by molar-refractivity contribution is 5.94. The van der Waals surface area contributed by atoms with Gasteiger partial charge in [-0.15, -0.1) is 0 Å². The number of ether oxygens (including phenoxy) is 3. The fourth-order valence-electron chi connectivity index (χ4n) is 2.45. The van der Waals surface area contributed by atoms with Crippen molar-refractivity contribution in [3.8, 4) is 11.5 Å². The minimum Gasteiger partial charge on any atom is -0.486 e. The number of nitrogens with zero attached hydrogens (tertiary/aromatic N) is 1. The number of carbonyl (C=O) groups is 2. The number of amides is 1. The van der Waals surface area contributed by atoms with Gasteiger partial charge in [0.1, 0.15) is 13.2 Å². The van der Waals surface area contributed by atoms with E-state index in [0.717, 1.165) is 11.3 Å². The summed E-state index contributed by atoms with van der Waals surface area (Å²) >= 11 is 0. The van der Waals surface area contributed by atoms with Gasteiger partial charge < -0.3 is 19.1 Å². The van der Waals surface area contributed by atoms with Crippen molar-refractivity contribution in [1.82, 2.24) is 0 Å². The molecule has 6 heteroatoms. The van der Waals surface area contributed by atoms with Crippen LogP contribution in [0.5, 0.6) is 11.5 Å². The Morgan fingerprint density at radius 3 is 2.52 bits per heavy atom. The highest BCUT2D eigenvalue weighted by atomic mass is 16.6. The van der Waals surface area contributed by atoms with Gasteiger partial charge in [-0.2, -0.15) is 0 Å². The van der Waals surface area contributed by atoms with Gasteiger partial charge in [-0.1, -0.05) is 24.3 Å². The van der Waals surface area contributed by atoms with Crippen molar-refractivity contribution in [2.75, 3.05) is 31.8 Å². The van der Waals surface area contributed by atoms with E-state index in [2.05, 4.69) is 0 Å². The zero-order chi connectivity index (χ0) is 17.6. The monoisotopic (exact) mass is 341 g/mol. The van der Waals surface area contributed by atoms with Gasteiger partial charge >= 0.3 is 5.97 Å². The molecule has 25 heavy (non-hydrogen) atoms. The summed E-state index contributed by atoms with van der Waals surface area (Å²) in [5, 5.41) is 0.